The van der Waals surface area contributed by atoms with Crippen LogP contribution in [0.25, 0.3) is 20.9 Å². The molecule has 1 aromatic carbocycles. The Hall–Kier alpha value is -3.11. The summed E-state index contributed by atoms with van der Waals surface area (Å²) >= 11 is 2.68. The number of nitrogens with zero attached hydrogens (tertiary/aromatic N) is 3. The highest BCUT2D eigenvalue weighted by Crippen LogP contribution is 2.30. The Morgan fingerprint density at radius 2 is 2.12 bits per heavy atom. The summed E-state index contributed by atoms with van der Waals surface area (Å²) in [4.78, 5) is 23.9. The molecule has 0 saturated heterocycles. The van der Waals surface area contributed by atoms with Gasteiger partial charge in [0.1, 0.15) is 0 Å². The van der Waals surface area contributed by atoms with Crippen LogP contribution in [0.4, 0.5) is 11.7 Å². The third-order valence-electron chi connectivity index (χ3n) is 3.31. The molecule has 1 amide bonds. The van der Waals surface area contributed by atoms with Crippen molar-refractivity contribution in [2.24, 2.45) is 0 Å². The Kier molecular flexibility index (Phi) is 3.75. The van der Waals surface area contributed by atoms with Gasteiger partial charge in [-0.25, -0.2) is 0 Å². The van der Waals surface area contributed by atoms with Crippen molar-refractivity contribution in [2.75, 3.05) is 5.32 Å². The predicted molar refractivity (Wildman–Crippen MR) is 94.0 cm³/mol. The molecular weight excluding hydrogens is 364 g/mol. The summed E-state index contributed by atoms with van der Waals surface area (Å²) in [6.07, 6.45) is 0. The van der Waals surface area contributed by atoms with Crippen LogP contribution in [0.3, 0.4) is 0 Å². The smallest absolute Gasteiger partial charge is 0.322 e. The lowest BCUT2D eigenvalue weighted by molar-refractivity contribution is -0.384. The number of non-ortho nitro benzene ring substituents is 1. The van der Waals surface area contributed by atoms with Crippen LogP contribution in [0.5, 0.6) is 0 Å². The molecule has 0 unspecified atom stereocenters. The molecule has 4 aromatic rings. The molecule has 0 aliphatic rings. The number of thiophene rings is 2. The molecule has 3 heterocycles. The Morgan fingerprint density at radius 3 is 2.88 bits per heavy atom. The quantitative estimate of drug-likeness (QED) is 0.425. The highest BCUT2D eigenvalue weighted by Gasteiger charge is 2.16. The van der Waals surface area contributed by atoms with Crippen molar-refractivity contribution in [3.8, 4) is 10.8 Å². The van der Waals surface area contributed by atoms with Gasteiger partial charge in [0.2, 0.25) is 0 Å². The lowest BCUT2D eigenvalue weighted by atomic mass is 10.2. The third kappa shape index (κ3) is 2.99. The van der Waals surface area contributed by atoms with E-state index in [0.717, 1.165) is 9.58 Å². The number of anilines is 1. The van der Waals surface area contributed by atoms with Crippen LogP contribution >= 0.6 is 22.7 Å². The number of carbonyl (C=O) groups excluding carboxylic acids is 1. The highest BCUT2D eigenvalue weighted by molar-refractivity contribution is 7.20. The summed E-state index contributed by atoms with van der Waals surface area (Å²) in [5.41, 5.74) is -0.0188. The summed E-state index contributed by atoms with van der Waals surface area (Å²) < 4.78 is 6.19. The average molecular weight is 372 g/mol. The molecule has 0 radical (unpaired) electrons. The van der Waals surface area contributed by atoms with Crippen LogP contribution in [0.15, 0.2) is 46.2 Å². The minimum Gasteiger partial charge on any atom is -0.402 e. The van der Waals surface area contributed by atoms with E-state index in [-0.39, 0.29) is 11.7 Å². The summed E-state index contributed by atoms with van der Waals surface area (Å²) in [5.74, 6) is -0.0810. The number of aromatic nitrogens is 2. The highest BCUT2D eigenvalue weighted by atomic mass is 32.1. The van der Waals surface area contributed by atoms with Gasteiger partial charge in [0.25, 0.3) is 17.5 Å². The number of nitro groups is 1. The topological polar surface area (TPSA) is 111 Å². The molecule has 8 nitrogen and oxygen atoms in total. The molecule has 25 heavy (non-hydrogen) atoms. The standard InChI is InChI=1S/C15H8N4O4S2/c20-13(16-15-18-17-14(23-15)11-2-1-5-24-11)12-7-8-6-9(19(21)22)3-4-10(8)25-12/h1-7H,(H,16,18,20). The first kappa shape index (κ1) is 15.4. The van der Waals surface area contributed by atoms with Gasteiger partial charge < -0.3 is 4.42 Å². The van der Waals surface area contributed by atoms with Gasteiger partial charge in [-0.15, -0.1) is 27.8 Å². The maximum Gasteiger partial charge on any atom is 0.322 e. The first-order valence-corrected chi connectivity index (χ1v) is 8.66. The van der Waals surface area contributed by atoms with E-state index < -0.39 is 10.8 Å². The zero-order chi connectivity index (χ0) is 17.4. The molecule has 0 atom stereocenters. The second-order valence-corrected chi connectivity index (χ2v) is 6.97. The molecule has 0 saturated carbocycles. The first-order chi connectivity index (χ1) is 12.1. The summed E-state index contributed by atoms with van der Waals surface area (Å²) in [6, 6.07) is 9.75. The number of fused-ring (bicyclic) bond motifs is 1. The maximum atomic E-state index is 12.3. The summed E-state index contributed by atoms with van der Waals surface area (Å²) in [7, 11) is 0. The number of hydrogen-bond acceptors (Lipinski definition) is 8. The second kappa shape index (κ2) is 6.07. The summed E-state index contributed by atoms with van der Waals surface area (Å²) in [5, 5.41) is 23.6. The van der Waals surface area contributed by atoms with Gasteiger partial charge in [0, 0.05) is 22.2 Å². The van der Waals surface area contributed by atoms with E-state index in [9.17, 15) is 14.9 Å². The van der Waals surface area contributed by atoms with Gasteiger partial charge >= 0.3 is 6.01 Å². The Morgan fingerprint density at radius 1 is 1.24 bits per heavy atom. The molecular formula is C15H8N4O4S2. The fourth-order valence-corrected chi connectivity index (χ4v) is 3.77. The van der Waals surface area contributed by atoms with E-state index in [1.807, 2.05) is 17.5 Å². The number of hydrogen-bond donors (Lipinski definition) is 1. The van der Waals surface area contributed by atoms with Crippen LogP contribution in [-0.4, -0.2) is 21.0 Å². The number of carbonyl (C=O) groups is 1. The molecule has 0 spiro atoms. The van der Waals surface area contributed by atoms with Gasteiger partial charge in [0.05, 0.1) is 14.7 Å². The van der Waals surface area contributed by atoms with E-state index >= 15 is 0 Å². The number of nitro benzene ring substituents is 1. The average Bonchev–Trinajstić information content (AvgIpc) is 3.33. The van der Waals surface area contributed by atoms with Crippen LogP contribution in [0.1, 0.15) is 9.67 Å². The van der Waals surface area contributed by atoms with Crippen molar-refractivity contribution in [1.82, 2.24) is 10.2 Å². The second-order valence-electron chi connectivity index (χ2n) is 4.93. The SMILES string of the molecule is O=C(Nc1nnc(-c2cccs2)o1)c1cc2cc([N+](=O)[O-])ccc2s1. The van der Waals surface area contributed by atoms with E-state index in [4.69, 9.17) is 4.42 Å². The number of rotatable bonds is 4. The number of amides is 1. The molecule has 10 heteroatoms. The zero-order valence-electron chi connectivity index (χ0n) is 12.3. The van der Waals surface area contributed by atoms with Crippen LogP contribution < -0.4 is 5.32 Å². The van der Waals surface area contributed by atoms with Crippen molar-refractivity contribution < 1.29 is 14.1 Å². The molecule has 0 fully saturated rings. The maximum absolute atomic E-state index is 12.3. The van der Waals surface area contributed by atoms with Gasteiger partial charge in [0.15, 0.2) is 0 Å². The Bertz CT molecular complexity index is 1080. The van der Waals surface area contributed by atoms with Crippen molar-refractivity contribution in [3.05, 3.63) is 56.8 Å². The first-order valence-electron chi connectivity index (χ1n) is 6.97. The molecule has 1 N–H and O–H groups in total. The van der Waals surface area contributed by atoms with E-state index in [0.29, 0.717) is 16.2 Å². The fraction of sp³-hybridized carbons (Fsp3) is 0. The lowest BCUT2D eigenvalue weighted by Gasteiger charge is -1.95. The van der Waals surface area contributed by atoms with Crippen molar-refractivity contribution in [1.29, 1.82) is 0 Å². The van der Waals surface area contributed by atoms with Crippen molar-refractivity contribution in [3.63, 3.8) is 0 Å². The third-order valence-corrected chi connectivity index (χ3v) is 5.28. The van der Waals surface area contributed by atoms with Crippen molar-refractivity contribution in [2.45, 2.75) is 0 Å². The molecule has 0 aliphatic heterocycles. The molecule has 0 aliphatic carbocycles. The van der Waals surface area contributed by atoms with E-state index in [1.54, 1.807) is 12.1 Å². The van der Waals surface area contributed by atoms with E-state index in [2.05, 4.69) is 15.5 Å². The van der Waals surface area contributed by atoms with Gasteiger partial charge in [-0.1, -0.05) is 11.2 Å². The Labute approximate surface area is 147 Å². The zero-order valence-corrected chi connectivity index (χ0v) is 14.0. The molecule has 0 bridgehead atoms. The van der Waals surface area contributed by atoms with Crippen LogP contribution in [0.2, 0.25) is 0 Å². The van der Waals surface area contributed by atoms with Crippen molar-refractivity contribution >= 4 is 50.4 Å². The van der Waals surface area contributed by atoms with Crippen LogP contribution in [-0.2, 0) is 0 Å². The summed E-state index contributed by atoms with van der Waals surface area (Å²) in [6.45, 7) is 0. The number of nitrogens with one attached hydrogen (secondary N) is 1. The molecule has 124 valence electrons. The monoisotopic (exact) mass is 372 g/mol. The minimum absolute atomic E-state index is 0.00293. The number of benzene rings is 1. The lowest BCUT2D eigenvalue weighted by Crippen LogP contribution is -2.10. The van der Waals surface area contributed by atoms with Gasteiger partial charge in [-0.2, -0.15) is 0 Å². The van der Waals surface area contributed by atoms with Crippen LogP contribution in [0, 0.1) is 10.1 Å². The molecule has 3 aromatic heterocycles. The molecule has 4 rings (SSSR count). The normalized spacial score (nSPS) is 10.9. The van der Waals surface area contributed by atoms with Gasteiger partial charge in [-0.3, -0.25) is 20.2 Å². The minimum atomic E-state index is -0.471. The van der Waals surface area contributed by atoms with E-state index in [1.165, 1.54) is 34.8 Å². The largest absolute Gasteiger partial charge is 0.402 e. The Balaban J connectivity index is 1.56. The predicted octanol–water partition coefficient (Wildman–Crippen LogP) is 4.17. The fourth-order valence-electron chi connectivity index (χ4n) is 2.19. The van der Waals surface area contributed by atoms with Gasteiger partial charge in [-0.05, 0) is 23.6 Å².